The minimum absolute atomic E-state index is 1.01. The molecule has 0 unspecified atom stereocenters. The Hall–Kier alpha value is -5.24. The Balaban J connectivity index is 1.30. The number of hydrogen-bond donors (Lipinski definition) is 0. The fourth-order valence-corrected chi connectivity index (χ4v) is 7.62. The van der Waals surface area contributed by atoms with E-state index in [4.69, 9.17) is 0 Å². The summed E-state index contributed by atoms with van der Waals surface area (Å²) in [5.41, 5.74) is 7.15. The highest BCUT2D eigenvalue weighted by atomic mass is 32.1. The average Bonchev–Trinajstić information content (AvgIpc) is 3.43. The van der Waals surface area contributed by atoms with Crippen LogP contribution < -0.4 is 10.4 Å². The van der Waals surface area contributed by atoms with Crippen molar-refractivity contribution < 1.29 is 0 Å². The summed E-state index contributed by atoms with van der Waals surface area (Å²) in [6.07, 6.45) is 3.98. The van der Waals surface area contributed by atoms with E-state index in [1.165, 1.54) is 69.5 Å². The van der Waals surface area contributed by atoms with Crippen LogP contribution in [-0.4, -0.2) is 0 Å². The number of fused-ring (bicyclic) bond motifs is 5. The lowest BCUT2D eigenvalue weighted by Crippen LogP contribution is -2.28. The number of allylic oxidation sites excluding steroid dienone is 1. The molecule has 1 heteroatoms. The molecule has 0 saturated heterocycles. The predicted octanol–water partition coefficient (Wildman–Crippen LogP) is 10.7. The molecule has 0 bridgehead atoms. The Morgan fingerprint density at radius 3 is 1.86 bits per heavy atom. The minimum atomic E-state index is 1.01. The average molecular weight is 565 g/mol. The molecule has 8 rings (SSSR count). The van der Waals surface area contributed by atoms with Crippen LogP contribution in [0.3, 0.4) is 0 Å². The van der Waals surface area contributed by atoms with Crippen molar-refractivity contribution >= 4 is 65.7 Å². The van der Waals surface area contributed by atoms with E-state index < -0.39 is 0 Å². The molecular weight excluding hydrogens is 537 g/mol. The molecule has 8 aromatic rings. The lowest BCUT2D eigenvalue weighted by Gasteiger charge is -2.16. The molecule has 0 spiro atoms. The van der Waals surface area contributed by atoms with Crippen molar-refractivity contribution in [1.29, 1.82) is 0 Å². The summed E-state index contributed by atoms with van der Waals surface area (Å²) in [7, 11) is 0. The van der Waals surface area contributed by atoms with E-state index in [9.17, 15) is 0 Å². The molecule has 1 heterocycles. The normalized spacial score (nSPS) is 12.0. The fourth-order valence-electron chi connectivity index (χ4n) is 6.53. The Bertz CT molecular complexity index is 2480. The Kier molecular flexibility index (Phi) is 6.06. The SMILES string of the molecule is C=C/C=c1/c(-c2ccc3ccccc3c2)c2ccccc2c(-c2ccc(-c3ccc4sc5ccccc5c4c3)cc2)c1=C. The van der Waals surface area contributed by atoms with E-state index in [0.717, 1.165) is 16.0 Å². The van der Waals surface area contributed by atoms with Gasteiger partial charge in [-0.25, -0.2) is 0 Å². The zero-order valence-corrected chi connectivity index (χ0v) is 24.5. The third kappa shape index (κ3) is 4.21. The maximum Gasteiger partial charge on any atom is 0.0355 e. The van der Waals surface area contributed by atoms with Crippen LogP contribution in [0.25, 0.3) is 87.8 Å². The Morgan fingerprint density at radius 2 is 1.07 bits per heavy atom. The van der Waals surface area contributed by atoms with Crippen molar-refractivity contribution in [2.24, 2.45) is 0 Å². The number of hydrogen-bond acceptors (Lipinski definition) is 1. The summed E-state index contributed by atoms with van der Waals surface area (Å²) in [6, 6.07) is 48.5. The highest BCUT2D eigenvalue weighted by Gasteiger charge is 2.15. The first-order valence-corrected chi connectivity index (χ1v) is 15.4. The van der Waals surface area contributed by atoms with E-state index in [-0.39, 0.29) is 0 Å². The molecular formula is C42H28S. The van der Waals surface area contributed by atoms with Gasteiger partial charge in [0.25, 0.3) is 0 Å². The maximum atomic E-state index is 4.67. The standard InChI is InChI=1S/C42H28S/c1-3-10-34-27(2)41(36-14-6-7-15-37(36)42(34)33-22-19-28-11-4-5-12-31(28)25-33)30-20-17-29(18-21-30)32-23-24-40-38(26-32)35-13-8-9-16-39(35)43-40/h3-26H,1-2H2/b34-10+. The molecule has 0 fully saturated rings. The maximum absolute atomic E-state index is 4.67. The van der Waals surface area contributed by atoms with Gasteiger partial charge in [0.1, 0.15) is 0 Å². The first-order chi connectivity index (χ1) is 21.2. The molecule has 0 radical (unpaired) electrons. The summed E-state index contributed by atoms with van der Waals surface area (Å²) in [4.78, 5) is 0. The smallest absolute Gasteiger partial charge is 0.0355 e. The van der Waals surface area contributed by atoms with E-state index in [1.807, 2.05) is 17.4 Å². The molecule has 0 N–H and O–H groups in total. The van der Waals surface area contributed by atoms with Gasteiger partial charge in [0.2, 0.25) is 0 Å². The molecule has 0 amide bonds. The van der Waals surface area contributed by atoms with Gasteiger partial charge in [-0.3, -0.25) is 0 Å². The zero-order chi connectivity index (χ0) is 28.9. The van der Waals surface area contributed by atoms with Crippen molar-refractivity contribution in [1.82, 2.24) is 0 Å². The summed E-state index contributed by atoms with van der Waals surface area (Å²) in [5, 5.41) is 9.66. The molecule has 0 aliphatic rings. The molecule has 0 saturated carbocycles. The number of thiophene rings is 1. The van der Waals surface area contributed by atoms with E-state index in [2.05, 4.69) is 153 Å². The first kappa shape index (κ1) is 25.5. The van der Waals surface area contributed by atoms with Crippen molar-refractivity contribution in [3.63, 3.8) is 0 Å². The molecule has 0 aliphatic heterocycles. The monoisotopic (exact) mass is 564 g/mol. The second kappa shape index (κ2) is 10.2. The third-order valence-electron chi connectivity index (χ3n) is 8.57. The van der Waals surface area contributed by atoms with Crippen molar-refractivity contribution in [2.45, 2.75) is 0 Å². The third-order valence-corrected chi connectivity index (χ3v) is 9.72. The molecule has 7 aromatic carbocycles. The molecule has 1 aromatic heterocycles. The van der Waals surface area contributed by atoms with E-state index >= 15 is 0 Å². The lowest BCUT2D eigenvalue weighted by atomic mass is 9.87. The van der Waals surface area contributed by atoms with Crippen LogP contribution in [0.1, 0.15) is 0 Å². The largest absolute Gasteiger partial charge is 0.135 e. The van der Waals surface area contributed by atoms with Crippen molar-refractivity contribution in [2.75, 3.05) is 0 Å². The van der Waals surface area contributed by atoms with Gasteiger partial charge in [0, 0.05) is 20.2 Å². The van der Waals surface area contributed by atoms with Crippen LogP contribution >= 0.6 is 11.3 Å². The predicted molar refractivity (Wildman–Crippen MR) is 190 cm³/mol. The lowest BCUT2D eigenvalue weighted by molar-refractivity contribution is 1.53. The van der Waals surface area contributed by atoms with Gasteiger partial charge < -0.3 is 0 Å². The summed E-state index contributed by atoms with van der Waals surface area (Å²) < 4.78 is 2.66. The molecule has 43 heavy (non-hydrogen) atoms. The van der Waals surface area contributed by atoms with Gasteiger partial charge in [-0.2, -0.15) is 0 Å². The second-order valence-corrected chi connectivity index (χ2v) is 12.1. The topological polar surface area (TPSA) is 0 Å². The first-order valence-electron chi connectivity index (χ1n) is 14.6. The van der Waals surface area contributed by atoms with Gasteiger partial charge in [0.15, 0.2) is 0 Å². The van der Waals surface area contributed by atoms with Crippen LogP contribution in [0.4, 0.5) is 0 Å². The number of rotatable bonds is 4. The van der Waals surface area contributed by atoms with E-state index in [1.54, 1.807) is 0 Å². The van der Waals surface area contributed by atoms with Crippen LogP contribution in [0.5, 0.6) is 0 Å². The van der Waals surface area contributed by atoms with E-state index in [0.29, 0.717) is 0 Å². The fraction of sp³-hybridized carbons (Fsp3) is 0. The molecule has 0 atom stereocenters. The van der Waals surface area contributed by atoms with Crippen LogP contribution in [0, 0.1) is 0 Å². The van der Waals surface area contributed by atoms with Gasteiger partial charge in [-0.05, 0) is 89.6 Å². The minimum Gasteiger partial charge on any atom is -0.135 e. The van der Waals surface area contributed by atoms with Crippen molar-refractivity contribution in [3.05, 3.63) is 157 Å². The van der Waals surface area contributed by atoms with Gasteiger partial charge in [-0.15, -0.1) is 11.3 Å². The highest BCUT2D eigenvalue weighted by Crippen LogP contribution is 2.37. The molecule has 202 valence electrons. The highest BCUT2D eigenvalue weighted by molar-refractivity contribution is 7.25. The van der Waals surface area contributed by atoms with Crippen LogP contribution in [0.15, 0.2) is 146 Å². The Morgan fingerprint density at radius 1 is 0.465 bits per heavy atom. The second-order valence-electron chi connectivity index (χ2n) is 11.0. The van der Waals surface area contributed by atoms with Crippen molar-refractivity contribution in [3.8, 4) is 33.4 Å². The Labute approximate surface area is 254 Å². The van der Waals surface area contributed by atoms with Crippen LogP contribution in [-0.2, 0) is 0 Å². The van der Waals surface area contributed by atoms with Gasteiger partial charge >= 0.3 is 0 Å². The number of benzene rings is 7. The zero-order valence-electron chi connectivity index (χ0n) is 23.7. The van der Waals surface area contributed by atoms with Crippen LogP contribution in [0.2, 0.25) is 0 Å². The van der Waals surface area contributed by atoms with Gasteiger partial charge in [0.05, 0.1) is 0 Å². The molecule has 0 nitrogen and oxygen atoms in total. The summed E-state index contributed by atoms with van der Waals surface area (Å²) >= 11 is 1.86. The summed E-state index contributed by atoms with van der Waals surface area (Å²) in [6.45, 7) is 8.74. The quantitative estimate of drug-likeness (QED) is 0.199. The summed E-state index contributed by atoms with van der Waals surface area (Å²) in [5.74, 6) is 0. The van der Waals surface area contributed by atoms with Gasteiger partial charge in [-0.1, -0.05) is 135 Å². The molecule has 0 aliphatic carbocycles.